The second-order valence-corrected chi connectivity index (χ2v) is 6.07. The third-order valence-corrected chi connectivity index (χ3v) is 3.95. The number of benzene rings is 1. The largest absolute Gasteiger partial charge is 0.392 e. The molecule has 1 aromatic rings. The molecule has 0 aliphatic carbocycles. The Balaban J connectivity index is 1.87. The van der Waals surface area contributed by atoms with E-state index in [1.54, 1.807) is 12.1 Å². The first-order chi connectivity index (χ1) is 9.45. The molecule has 1 aliphatic heterocycles. The van der Waals surface area contributed by atoms with Gasteiger partial charge in [-0.25, -0.2) is 4.39 Å². The molecule has 1 aliphatic rings. The minimum absolute atomic E-state index is 0.0561. The van der Waals surface area contributed by atoms with E-state index in [-0.39, 0.29) is 23.8 Å². The van der Waals surface area contributed by atoms with Crippen LogP contribution in [0.25, 0.3) is 0 Å². The van der Waals surface area contributed by atoms with Crippen LogP contribution in [0.4, 0.5) is 4.39 Å². The van der Waals surface area contributed by atoms with E-state index in [0.717, 1.165) is 5.56 Å². The molecule has 4 nitrogen and oxygen atoms in total. The van der Waals surface area contributed by atoms with Gasteiger partial charge >= 0.3 is 0 Å². The van der Waals surface area contributed by atoms with Crippen molar-refractivity contribution in [3.63, 3.8) is 0 Å². The topological polar surface area (TPSA) is 61.4 Å². The van der Waals surface area contributed by atoms with Crippen LogP contribution in [0.1, 0.15) is 18.9 Å². The molecule has 0 saturated carbocycles. The van der Waals surface area contributed by atoms with Crippen molar-refractivity contribution in [3.05, 3.63) is 34.1 Å². The zero-order chi connectivity index (χ0) is 14.7. The van der Waals surface area contributed by atoms with Crippen LogP contribution in [0, 0.1) is 5.82 Å². The fourth-order valence-electron chi connectivity index (χ4n) is 2.33. The average molecular weight is 345 g/mol. The average Bonchev–Trinajstić information content (AvgIpc) is 2.80. The van der Waals surface area contributed by atoms with Gasteiger partial charge in [0, 0.05) is 12.6 Å². The molecular weight excluding hydrogens is 327 g/mol. The monoisotopic (exact) mass is 344 g/mol. The van der Waals surface area contributed by atoms with Crippen LogP contribution >= 0.6 is 15.9 Å². The number of halogens is 2. The highest BCUT2D eigenvalue weighted by Crippen LogP contribution is 2.18. The number of aliphatic hydroxyl groups excluding tert-OH is 1. The first-order valence-electron chi connectivity index (χ1n) is 6.61. The Morgan fingerprint density at radius 1 is 1.65 bits per heavy atom. The minimum Gasteiger partial charge on any atom is -0.392 e. The summed E-state index contributed by atoms with van der Waals surface area (Å²) in [5, 5.41) is 15.3. The Kier molecular flexibility index (Phi) is 5.12. The van der Waals surface area contributed by atoms with Crippen LogP contribution in [0.5, 0.6) is 0 Å². The van der Waals surface area contributed by atoms with Crippen molar-refractivity contribution in [2.75, 3.05) is 6.54 Å². The first-order valence-corrected chi connectivity index (χ1v) is 7.40. The van der Waals surface area contributed by atoms with Crippen LogP contribution < -0.4 is 10.6 Å². The zero-order valence-corrected chi connectivity index (χ0v) is 12.8. The number of aliphatic hydroxyl groups is 1. The lowest BCUT2D eigenvalue weighted by molar-refractivity contribution is -0.123. The quantitative estimate of drug-likeness (QED) is 0.772. The number of rotatable bonds is 4. The van der Waals surface area contributed by atoms with Crippen molar-refractivity contribution in [2.45, 2.75) is 38.0 Å². The van der Waals surface area contributed by atoms with Gasteiger partial charge in [0.25, 0.3) is 0 Å². The molecule has 3 N–H and O–H groups in total. The van der Waals surface area contributed by atoms with Gasteiger partial charge in [-0.2, -0.15) is 0 Å². The summed E-state index contributed by atoms with van der Waals surface area (Å²) in [5.74, 6) is -0.398. The van der Waals surface area contributed by atoms with Gasteiger partial charge in [0.2, 0.25) is 5.91 Å². The first kappa shape index (κ1) is 15.4. The predicted octanol–water partition coefficient (Wildman–Crippen LogP) is 1.36. The smallest absolute Gasteiger partial charge is 0.237 e. The number of carbonyl (C=O) groups excluding carboxylic acids is 1. The molecule has 1 amide bonds. The molecular formula is C14H18BrFN2O2. The molecule has 110 valence electrons. The molecule has 0 spiro atoms. The Hall–Kier alpha value is -0.980. The number of carbonyl (C=O) groups is 1. The van der Waals surface area contributed by atoms with Crippen LogP contribution in [-0.2, 0) is 11.2 Å². The summed E-state index contributed by atoms with van der Waals surface area (Å²) in [6, 6.07) is 4.45. The zero-order valence-electron chi connectivity index (χ0n) is 11.2. The van der Waals surface area contributed by atoms with E-state index in [4.69, 9.17) is 0 Å². The SMILES string of the molecule is CC(Cc1ccc(F)c(Br)c1)NC(=O)C1CC(O)CN1. The Bertz CT molecular complexity index is 498. The number of β-amino-alcohol motifs (C(OH)–C–C–N with tert-alkyl or cyclic N) is 1. The third kappa shape index (κ3) is 4.01. The van der Waals surface area contributed by atoms with Gasteiger partial charge in [0.05, 0.1) is 16.6 Å². The molecule has 0 aromatic heterocycles. The van der Waals surface area contributed by atoms with Gasteiger partial charge in [-0.1, -0.05) is 6.07 Å². The van der Waals surface area contributed by atoms with Crippen LogP contribution in [0.3, 0.4) is 0 Å². The summed E-state index contributed by atoms with van der Waals surface area (Å²) in [6.45, 7) is 2.36. The molecule has 2 rings (SSSR count). The van der Waals surface area contributed by atoms with E-state index in [9.17, 15) is 14.3 Å². The van der Waals surface area contributed by atoms with E-state index in [2.05, 4.69) is 26.6 Å². The minimum atomic E-state index is -0.450. The van der Waals surface area contributed by atoms with Gasteiger partial charge in [-0.05, 0) is 53.4 Å². The van der Waals surface area contributed by atoms with Gasteiger partial charge in [-0.3, -0.25) is 4.79 Å². The highest BCUT2D eigenvalue weighted by atomic mass is 79.9. The van der Waals surface area contributed by atoms with E-state index in [0.29, 0.717) is 23.9 Å². The standard InChI is InChI=1S/C14H18BrFN2O2/c1-8(4-9-2-3-12(16)11(15)5-9)18-14(20)13-6-10(19)7-17-13/h2-3,5,8,10,13,17,19H,4,6-7H2,1H3,(H,18,20). The fourth-order valence-corrected chi connectivity index (χ4v) is 2.76. The van der Waals surface area contributed by atoms with Crippen LogP contribution in [0.15, 0.2) is 22.7 Å². The van der Waals surface area contributed by atoms with Crippen LogP contribution in [-0.4, -0.2) is 35.7 Å². The van der Waals surface area contributed by atoms with Crippen molar-refractivity contribution in [2.24, 2.45) is 0 Å². The summed E-state index contributed by atoms with van der Waals surface area (Å²) in [5.41, 5.74) is 0.950. The molecule has 0 bridgehead atoms. The molecule has 1 aromatic carbocycles. The van der Waals surface area contributed by atoms with Gasteiger partial charge in [0.15, 0.2) is 0 Å². The van der Waals surface area contributed by atoms with Crippen LogP contribution in [0.2, 0.25) is 0 Å². The number of hydrogen-bond donors (Lipinski definition) is 3. The molecule has 1 heterocycles. The molecule has 1 fully saturated rings. The molecule has 6 heteroatoms. The lowest BCUT2D eigenvalue weighted by Crippen LogP contribution is -2.44. The van der Waals surface area contributed by atoms with E-state index in [1.807, 2.05) is 6.92 Å². The second kappa shape index (κ2) is 6.65. The maximum atomic E-state index is 13.1. The number of amides is 1. The lowest BCUT2D eigenvalue weighted by atomic mass is 10.1. The van der Waals surface area contributed by atoms with E-state index < -0.39 is 6.10 Å². The molecule has 0 radical (unpaired) electrons. The highest BCUT2D eigenvalue weighted by Gasteiger charge is 2.28. The van der Waals surface area contributed by atoms with E-state index >= 15 is 0 Å². The molecule has 20 heavy (non-hydrogen) atoms. The van der Waals surface area contributed by atoms with Gasteiger partial charge in [0.1, 0.15) is 5.82 Å². The highest BCUT2D eigenvalue weighted by molar-refractivity contribution is 9.10. The summed E-state index contributed by atoms with van der Waals surface area (Å²) < 4.78 is 13.6. The Labute approximate surface area is 125 Å². The van der Waals surface area contributed by atoms with Gasteiger partial charge in [-0.15, -0.1) is 0 Å². The third-order valence-electron chi connectivity index (χ3n) is 3.34. The Morgan fingerprint density at radius 3 is 3.00 bits per heavy atom. The number of hydrogen-bond acceptors (Lipinski definition) is 3. The number of nitrogens with one attached hydrogen (secondary N) is 2. The Morgan fingerprint density at radius 2 is 2.40 bits per heavy atom. The van der Waals surface area contributed by atoms with Crippen molar-refractivity contribution >= 4 is 21.8 Å². The molecule has 3 unspecified atom stereocenters. The maximum Gasteiger partial charge on any atom is 0.237 e. The van der Waals surface area contributed by atoms with Crippen molar-refractivity contribution in [1.29, 1.82) is 0 Å². The summed E-state index contributed by atoms with van der Waals surface area (Å²) >= 11 is 3.15. The molecule has 3 atom stereocenters. The van der Waals surface area contributed by atoms with Crippen molar-refractivity contribution in [1.82, 2.24) is 10.6 Å². The predicted molar refractivity (Wildman–Crippen MR) is 77.8 cm³/mol. The maximum absolute atomic E-state index is 13.1. The van der Waals surface area contributed by atoms with Crippen molar-refractivity contribution in [3.8, 4) is 0 Å². The summed E-state index contributed by atoms with van der Waals surface area (Å²) in [7, 11) is 0. The summed E-state index contributed by atoms with van der Waals surface area (Å²) in [6.07, 6.45) is 0.620. The fraction of sp³-hybridized carbons (Fsp3) is 0.500. The summed E-state index contributed by atoms with van der Waals surface area (Å²) in [4.78, 5) is 12.0. The van der Waals surface area contributed by atoms with Gasteiger partial charge < -0.3 is 15.7 Å². The molecule has 1 saturated heterocycles. The second-order valence-electron chi connectivity index (χ2n) is 5.21. The van der Waals surface area contributed by atoms with Crippen molar-refractivity contribution < 1.29 is 14.3 Å². The lowest BCUT2D eigenvalue weighted by Gasteiger charge is -2.17. The van der Waals surface area contributed by atoms with E-state index in [1.165, 1.54) is 6.07 Å². The normalized spacial score (nSPS) is 23.6.